The highest BCUT2D eigenvalue weighted by Gasteiger charge is 2.40. The Balaban J connectivity index is 1.61. The molecule has 0 atom stereocenters. The molecular weight excluding hydrogens is 561 g/mol. The van der Waals surface area contributed by atoms with Crippen molar-refractivity contribution in [3.8, 4) is 21.8 Å². The summed E-state index contributed by atoms with van der Waals surface area (Å²) in [7, 11) is -4.86. The minimum Gasteiger partial charge on any atom is -0.342 e. The van der Waals surface area contributed by atoms with Crippen LogP contribution in [0.4, 0.5) is 32.8 Å². The second kappa shape index (κ2) is 10.2. The van der Waals surface area contributed by atoms with Gasteiger partial charge in [-0.1, -0.05) is 30.4 Å². The Kier molecular flexibility index (Phi) is 7.01. The number of aromatic nitrogens is 3. The van der Waals surface area contributed by atoms with Crippen molar-refractivity contribution >= 4 is 32.2 Å². The number of benzene rings is 2. The largest absolute Gasteiger partial charge is 0.342 e. The number of aryl methyl sites for hydroxylation is 1. The first kappa shape index (κ1) is 26.9. The van der Waals surface area contributed by atoms with Gasteiger partial charge in [-0.25, -0.2) is 45.3 Å². The number of sulfonamides is 1. The highest BCUT2D eigenvalue weighted by Crippen LogP contribution is 2.43. The average molecular weight is 582 g/mol. The fourth-order valence-corrected chi connectivity index (χ4v) is 6.40. The van der Waals surface area contributed by atoms with Gasteiger partial charge >= 0.3 is 0 Å². The first-order valence-corrected chi connectivity index (χ1v) is 14.0. The number of halogens is 5. The Bertz CT molecular complexity index is 1640. The molecule has 3 heterocycles. The fraction of sp³-hybridized carbons (Fsp3) is 0.240. The minimum absolute atomic E-state index is 0.0416. The molecule has 39 heavy (non-hydrogen) atoms. The Hall–Kier alpha value is -3.65. The lowest BCUT2D eigenvalue weighted by Crippen LogP contribution is -2.24. The molecule has 0 amide bonds. The Morgan fingerprint density at radius 1 is 1.05 bits per heavy atom. The van der Waals surface area contributed by atoms with Gasteiger partial charge in [-0.2, -0.15) is 0 Å². The molecule has 1 aliphatic heterocycles. The number of hydrogen-bond acceptors (Lipinski definition) is 7. The van der Waals surface area contributed by atoms with Crippen molar-refractivity contribution in [3.63, 3.8) is 0 Å². The number of anilines is 2. The van der Waals surface area contributed by atoms with Gasteiger partial charge < -0.3 is 4.90 Å². The van der Waals surface area contributed by atoms with Gasteiger partial charge in [-0.15, -0.1) is 0 Å². The second-order valence-corrected chi connectivity index (χ2v) is 11.3. The number of thiazole rings is 1. The summed E-state index contributed by atoms with van der Waals surface area (Å²) in [5, 5.41) is 0.215. The topological polar surface area (TPSA) is 88.1 Å². The van der Waals surface area contributed by atoms with Crippen molar-refractivity contribution in [2.45, 2.75) is 30.6 Å². The lowest BCUT2D eigenvalue weighted by Gasteiger charge is -2.14. The molecule has 0 spiro atoms. The predicted molar refractivity (Wildman–Crippen MR) is 137 cm³/mol. The molecule has 2 aromatic heterocycles. The van der Waals surface area contributed by atoms with Crippen LogP contribution in [0.3, 0.4) is 0 Å². The zero-order valence-electron chi connectivity index (χ0n) is 20.3. The molecule has 4 aromatic rings. The molecule has 14 heteroatoms. The van der Waals surface area contributed by atoms with Crippen LogP contribution in [0.2, 0.25) is 0 Å². The molecule has 1 fully saturated rings. The highest BCUT2D eigenvalue weighted by atomic mass is 32.2. The Morgan fingerprint density at radius 2 is 1.77 bits per heavy atom. The van der Waals surface area contributed by atoms with Gasteiger partial charge in [0.2, 0.25) is 0 Å². The number of alkyl halides is 2. The van der Waals surface area contributed by atoms with Gasteiger partial charge in [0.1, 0.15) is 17.5 Å². The summed E-state index contributed by atoms with van der Waals surface area (Å²) >= 11 is 1.04. The molecule has 2 aromatic carbocycles. The molecule has 1 N–H and O–H groups in total. The predicted octanol–water partition coefficient (Wildman–Crippen LogP) is 5.89. The highest BCUT2D eigenvalue weighted by molar-refractivity contribution is 7.92. The van der Waals surface area contributed by atoms with Crippen molar-refractivity contribution in [1.82, 2.24) is 15.0 Å². The summed E-state index contributed by atoms with van der Waals surface area (Å²) in [4.78, 5) is 13.6. The lowest BCUT2D eigenvalue weighted by atomic mass is 10.1. The van der Waals surface area contributed by atoms with E-state index in [4.69, 9.17) is 0 Å². The van der Waals surface area contributed by atoms with Crippen molar-refractivity contribution in [2.75, 3.05) is 22.7 Å². The van der Waals surface area contributed by atoms with Crippen LogP contribution in [0.25, 0.3) is 21.8 Å². The van der Waals surface area contributed by atoms with E-state index in [-0.39, 0.29) is 29.4 Å². The van der Waals surface area contributed by atoms with Gasteiger partial charge in [0.15, 0.2) is 15.8 Å². The van der Waals surface area contributed by atoms with Crippen LogP contribution in [-0.2, 0) is 16.4 Å². The summed E-state index contributed by atoms with van der Waals surface area (Å²) in [6.07, 6.45) is 1.66. The van der Waals surface area contributed by atoms with Gasteiger partial charge in [0, 0.05) is 31.1 Å². The molecule has 7 nitrogen and oxygen atoms in total. The normalized spacial score (nSPS) is 15.1. The maximum atomic E-state index is 15.8. The van der Waals surface area contributed by atoms with Crippen LogP contribution in [0.15, 0.2) is 53.6 Å². The Morgan fingerprint density at radius 3 is 2.44 bits per heavy atom. The number of nitrogens with zero attached hydrogens (tertiary/aromatic N) is 4. The zero-order chi connectivity index (χ0) is 27.9. The molecule has 1 aliphatic rings. The van der Waals surface area contributed by atoms with Crippen LogP contribution >= 0.6 is 11.3 Å². The van der Waals surface area contributed by atoms with E-state index in [1.165, 1.54) is 23.2 Å². The third kappa shape index (κ3) is 5.30. The van der Waals surface area contributed by atoms with Crippen LogP contribution in [0.5, 0.6) is 0 Å². The first-order valence-electron chi connectivity index (χ1n) is 11.7. The monoisotopic (exact) mass is 581 g/mol. The second-order valence-electron chi connectivity index (χ2n) is 8.74. The molecule has 0 bridgehead atoms. The number of nitrogens with one attached hydrogen (secondary N) is 1. The molecule has 1 saturated heterocycles. The van der Waals surface area contributed by atoms with E-state index in [9.17, 15) is 26.0 Å². The van der Waals surface area contributed by atoms with E-state index in [1.54, 1.807) is 6.07 Å². The van der Waals surface area contributed by atoms with E-state index in [0.29, 0.717) is 22.8 Å². The van der Waals surface area contributed by atoms with Crippen LogP contribution in [-0.4, -0.2) is 42.4 Å². The molecule has 204 valence electrons. The summed E-state index contributed by atoms with van der Waals surface area (Å²) in [6, 6.07) is 7.85. The molecule has 0 radical (unpaired) electrons. The quantitative estimate of drug-likeness (QED) is 0.274. The van der Waals surface area contributed by atoms with E-state index < -0.39 is 50.5 Å². The Labute approximate surface area is 224 Å². The van der Waals surface area contributed by atoms with Crippen LogP contribution < -0.4 is 9.62 Å². The zero-order valence-corrected chi connectivity index (χ0v) is 21.9. The number of rotatable bonds is 7. The molecular formula is C25H20F5N5O2S2. The van der Waals surface area contributed by atoms with Gasteiger partial charge in [-0.05, 0) is 30.3 Å². The third-order valence-electron chi connectivity index (χ3n) is 6.00. The van der Waals surface area contributed by atoms with Gasteiger partial charge in [-0.3, -0.25) is 4.72 Å². The van der Waals surface area contributed by atoms with Crippen molar-refractivity contribution in [3.05, 3.63) is 71.9 Å². The summed E-state index contributed by atoms with van der Waals surface area (Å²) in [5.41, 5.74) is -0.323. The van der Waals surface area contributed by atoms with Gasteiger partial charge in [0.05, 0.1) is 28.5 Å². The van der Waals surface area contributed by atoms with Crippen molar-refractivity contribution in [1.29, 1.82) is 0 Å². The first-order chi connectivity index (χ1) is 18.5. The maximum Gasteiger partial charge on any atom is 0.267 e. The summed E-state index contributed by atoms with van der Waals surface area (Å²) in [6.45, 7) is 1.33. The van der Waals surface area contributed by atoms with Gasteiger partial charge in [0.25, 0.3) is 15.9 Å². The van der Waals surface area contributed by atoms with Crippen LogP contribution in [0.1, 0.15) is 19.2 Å². The average Bonchev–Trinajstić information content (AvgIpc) is 3.48. The molecule has 0 saturated carbocycles. The fourth-order valence-electron chi connectivity index (χ4n) is 4.12. The van der Waals surface area contributed by atoms with Crippen molar-refractivity contribution in [2.24, 2.45) is 0 Å². The molecule has 0 aliphatic carbocycles. The maximum absolute atomic E-state index is 15.8. The standard InChI is InChI=1S/C25H20F5N5O2S2/c1-2-19-31-11-9-18(32-19)22-21(33-24(38-22)35-12-10-25(29,30)13-35)14-5-3-8-17(20(14)28)34-39(36,37)23-15(26)6-4-7-16(23)27/h3-9,11,34H,2,10,12-13H2,1H3. The minimum atomic E-state index is -4.86. The lowest BCUT2D eigenvalue weighted by molar-refractivity contribution is 0.0257. The SMILES string of the molecule is CCc1nccc(-c2sc(N3CCC(F)(F)C3)nc2-c2cccc(NS(=O)(=O)c3c(F)cccc3F)c2F)n1. The van der Waals surface area contributed by atoms with E-state index >= 15 is 4.39 Å². The summed E-state index contributed by atoms with van der Waals surface area (Å²) in [5.74, 6) is -6.17. The number of hydrogen-bond donors (Lipinski definition) is 1. The summed E-state index contributed by atoms with van der Waals surface area (Å²) < 4.78 is 99.5. The molecule has 0 unspecified atom stereocenters. The van der Waals surface area contributed by atoms with Crippen molar-refractivity contribution < 1.29 is 30.4 Å². The van der Waals surface area contributed by atoms with Crippen LogP contribution in [0, 0.1) is 17.5 Å². The smallest absolute Gasteiger partial charge is 0.267 e. The van der Waals surface area contributed by atoms with E-state index in [1.807, 2.05) is 11.6 Å². The third-order valence-corrected chi connectivity index (χ3v) is 8.55. The van der Waals surface area contributed by atoms with E-state index in [2.05, 4.69) is 15.0 Å². The van der Waals surface area contributed by atoms with E-state index in [0.717, 1.165) is 35.6 Å². The molecule has 5 rings (SSSR count).